The molecule has 4 rings (SSSR count). The number of nitrogens with one attached hydrogen (secondary N) is 1. The molecule has 3 aromatic heterocycles. The molecule has 0 aliphatic rings. The lowest BCUT2D eigenvalue weighted by molar-refractivity contribution is -0.141. The van der Waals surface area contributed by atoms with Crippen LogP contribution in [-0.2, 0) is 25.8 Å². The lowest BCUT2D eigenvalue weighted by Gasteiger charge is -2.12. The van der Waals surface area contributed by atoms with Crippen LogP contribution in [0.5, 0.6) is 5.75 Å². The lowest BCUT2D eigenvalue weighted by Crippen LogP contribution is -2.18. The monoisotopic (exact) mass is 513 g/mol. The average Bonchev–Trinajstić information content (AvgIpc) is 3.30. The smallest absolute Gasteiger partial charge is 0.435 e. The average molecular weight is 513 g/mol. The molecule has 11 heteroatoms. The summed E-state index contributed by atoms with van der Waals surface area (Å²) in [6, 6.07) is 13.4. The Morgan fingerprint density at radius 1 is 1.08 bits per heavy atom. The molecule has 3 heterocycles. The van der Waals surface area contributed by atoms with Gasteiger partial charge in [-0.3, -0.25) is 14.5 Å². The number of nitrogens with zero attached hydrogens (tertiary/aromatic N) is 4. The number of pyridine rings is 2. The molecule has 0 radical (unpaired) electrons. The number of rotatable bonds is 9. The van der Waals surface area contributed by atoms with Gasteiger partial charge in [-0.05, 0) is 17.2 Å². The van der Waals surface area contributed by atoms with E-state index in [0.717, 1.165) is 5.56 Å². The van der Waals surface area contributed by atoms with Crippen molar-refractivity contribution < 1.29 is 22.3 Å². The molecule has 37 heavy (non-hydrogen) atoms. The molecule has 0 unspecified atom stereocenters. The minimum atomic E-state index is -4.72. The first-order valence-corrected chi connectivity index (χ1v) is 11.1. The zero-order valence-electron chi connectivity index (χ0n) is 19.8. The Morgan fingerprint density at radius 2 is 1.78 bits per heavy atom. The topological polar surface area (TPSA) is 74.0 Å². The van der Waals surface area contributed by atoms with Gasteiger partial charge in [0.2, 0.25) is 0 Å². The summed E-state index contributed by atoms with van der Waals surface area (Å²) in [5, 5.41) is 6.43. The Hall–Kier alpha value is -4.41. The fourth-order valence-electron chi connectivity index (χ4n) is 3.69. The van der Waals surface area contributed by atoms with E-state index in [2.05, 4.69) is 22.0 Å². The largest absolute Gasteiger partial charge is 0.494 e. The Labute approximate surface area is 209 Å². The van der Waals surface area contributed by atoms with Crippen LogP contribution >= 0.6 is 0 Å². The number of aromatic nitrogens is 4. The normalized spacial score (nSPS) is 11.4. The van der Waals surface area contributed by atoms with E-state index in [1.54, 1.807) is 47.2 Å². The van der Waals surface area contributed by atoms with Gasteiger partial charge in [-0.15, -0.1) is 0 Å². The maximum atomic E-state index is 14.3. The van der Waals surface area contributed by atoms with Crippen molar-refractivity contribution >= 4 is 5.70 Å². The van der Waals surface area contributed by atoms with Crippen molar-refractivity contribution in [3.63, 3.8) is 0 Å². The van der Waals surface area contributed by atoms with Crippen molar-refractivity contribution in [2.45, 2.75) is 25.8 Å². The van der Waals surface area contributed by atoms with E-state index in [-0.39, 0.29) is 41.4 Å². The number of hydrogen-bond acceptors (Lipinski definition) is 5. The molecule has 1 N–H and O–H groups in total. The van der Waals surface area contributed by atoms with Gasteiger partial charge in [0.25, 0.3) is 5.56 Å². The molecule has 0 amide bonds. The second-order valence-electron chi connectivity index (χ2n) is 8.18. The summed E-state index contributed by atoms with van der Waals surface area (Å²) in [5.41, 5.74) is -0.0158. The lowest BCUT2D eigenvalue weighted by atomic mass is 10.1. The van der Waals surface area contributed by atoms with E-state index < -0.39 is 17.7 Å². The molecule has 0 fully saturated rings. The van der Waals surface area contributed by atoms with Gasteiger partial charge in [-0.1, -0.05) is 36.9 Å². The zero-order chi connectivity index (χ0) is 26.6. The summed E-state index contributed by atoms with van der Waals surface area (Å²) in [6.07, 6.45) is -0.466. The van der Waals surface area contributed by atoms with Gasteiger partial charge in [-0.25, -0.2) is 4.39 Å². The SMILES string of the molecule is C=C(NCc1nccc(OC)c1F)c1cn(Cc2ccc(Cn3ccccc3=O)cc2)nc1C(F)(F)F. The fraction of sp³-hybridized carbons (Fsp3) is 0.192. The number of halogens is 4. The summed E-state index contributed by atoms with van der Waals surface area (Å²) < 4.78 is 63.1. The van der Waals surface area contributed by atoms with E-state index in [4.69, 9.17) is 4.74 Å². The number of alkyl halides is 3. The second-order valence-corrected chi connectivity index (χ2v) is 8.18. The van der Waals surface area contributed by atoms with Crippen LogP contribution in [0.25, 0.3) is 5.70 Å². The molecule has 0 bridgehead atoms. The van der Waals surface area contributed by atoms with Gasteiger partial charge < -0.3 is 14.6 Å². The highest BCUT2D eigenvalue weighted by Gasteiger charge is 2.38. The van der Waals surface area contributed by atoms with Crippen LogP contribution in [0.15, 0.2) is 78.5 Å². The van der Waals surface area contributed by atoms with Gasteiger partial charge in [0, 0.05) is 42.0 Å². The summed E-state index contributed by atoms with van der Waals surface area (Å²) in [7, 11) is 1.30. The third-order valence-corrected chi connectivity index (χ3v) is 5.59. The molecule has 1 aromatic carbocycles. The molecular formula is C26H23F4N5O2. The van der Waals surface area contributed by atoms with Crippen molar-refractivity contribution in [2.75, 3.05) is 7.11 Å². The van der Waals surface area contributed by atoms with Crippen LogP contribution in [0.4, 0.5) is 17.6 Å². The number of hydrogen-bond donors (Lipinski definition) is 1. The Kier molecular flexibility index (Phi) is 7.42. The molecule has 0 aliphatic heterocycles. The third-order valence-electron chi connectivity index (χ3n) is 5.59. The van der Waals surface area contributed by atoms with Crippen LogP contribution in [0.1, 0.15) is 28.1 Å². The van der Waals surface area contributed by atoms with Crippen LogP contribution in [0.3, 0.4) is 0 Å². The van der Waals surface area contributed by atoms with Gasteiger partial charge in [0.15, 0.2) is 17.3 Å². The summed E-state index contributed by atoms with van der Waals surface area (Å²) in [6.45, 7) is 3.94. The molecule has 4 aromatic rings. The van der Waals surface area contributed by atoms with Gasteiger partial charge in [0.1, 0.15) is 0 Å². The van der Waals surface area contributed by atoms with E-state index in [1.165, 1.54) is 36.3 Å². The highest BCUT2D eigenvalue weighted by atomic mass is 19.4. The third kappa shape index (κ3) is 6.05. The van der Waals surface area contributed by atoms with E-state index in [9.17, 15) is 22.4 Å². The maximum absolute atomic E-state index is 14.3. The van der Waals surface area contributed by atoms with Crippen molar-refractivity contribution in [1.82, 2.24) is 24.6 Å². The number of benzene rings is 1. The molecule has 0 spiro atoms. The summed E-state index contributed by atoms with van der Waals surface area (Å²) >= 11 is 0. The van der Waals surface area contributed by atoms with E-state index in [0.29, 0.717) is 12.1 Å². The van der Waals surface area contributed by atoms with E-state index in [1.807, 2.05) is 0 Å². The van der Waals surface area contributed by atoms with Crippen molar-refractivity contribution in [2.24, 2.45) is 0 Å². The first-order valence-electron chi connectivity index (χ1n) is 11.1. The molecule has 0 saturated heterocycles. The summed E-state index contributed by atoms with van der Waals surface area (Å²) in [4.78, 5) is 15.8. The van der Waals surface area contributed by atoms with Gasteiger partial charge in [0.05, 0.1) is 32.4 Å². The predicted octanol–water partition coefficient (Wildman–Crippen LogP) is 4.46. The standard InChI is InChI=1S/C26H23F4N5O2/c1-17(32-13-21-24(27)22(37-2)10-11-31-21)20-16-35(33-25(20)26(28,29)30)15-19-8-6-18(7-9-19)14-34-12-4-3-5-23(34)36/h3-12,16,32H,1,13-15H2,2H3. The van der Waals surface area contributed by atoms with Crippen LogP contribution in [0, 0.1) is 5.82 Å². The van der Waals surface area contributed by atoms with Crippen LogP contribution in [-0.4, -0.2) is 26.4 Å². The molecule has 192 valence electrons. The Morgan fingerprint density at radius 3 is 2.43 bits per heavy atom. The molecule has 0 saturated carbocycles. The Balaban J connectivity index is 1.49. The highest BCUT2D eigenvalue weighted by Crippen LogP contribution is 2.33. The van der Waals surface area contributed by atoms with Crippen molar-refractivity contribution in [3.05, 3.63) is 118 Å². The predicted molar refractivity (Wildman–Crippen MR) is 129 cm³/mol. The van der Waals surface area contributed by atoms with Crippen LogP contribution < -0.4 is 15.6 Å². The fourth-order valence-corrected chi connectivity index (χ4v) is 3.69. The first-order chi connectivity index (χ1) is 17.7. The van der Waals surface area contributed by atoms with Crippen LogP contribution in [0.2, 0.25) is 0 Å². The quantitative estimate of drug-likeness (QED) is 0.335. The summed E-state index contributed by atoms with van der Waals surface area (Å²) in [5.74, 6) is -0.735. The van der Waals surface area contributed by atoms with Gasteiger partial charge >= 0.3 is 6.18 Å². The number of methoxy groups -OCH3 is 1. The first kappa shape index (κ1) is 25.7. The highest BCUT2D eigenvalue weighted by molar-refractivity contribution is 5.63. The van der Waals surface area contributed by atoms with E-state index >= 15 is 0 Å². The molecule has 7 nitrogen and oxygen atoms in total. The van der Waals surface area contributed by atoms with Gasteiger partial charge in [-0.2, -0.15) is 18.3 Å². The van der Waals surface area contributed by atoms with Crippen molar-refractivity contribution in [1.29, 1.82) is 0 Å². The maximum Gasteiger partial charge on any atom is 0.435 e. The second kappa shape index (κ2) is 10.7. The minimum absolute atomic E-state index is 0.0249. The molecular weight excluding hydrogens is 490 g/mol. The number of ether oxygens (including phenoxy) is 1. The zero-order valence-corrected chi connectivity index (χ0v) is 19.8. The molecule has 0 aliphatic carbocycles. The van der Waals surface area contributed by atoms with Crippen molar-refractivity contribution in [3.8, 4) is 5.75 Å². The Bertz CT molecular complexity index is 1460. The molecule has 0 atom stereocenters. The minimum Gasteiger partial charge on any atom is -0.494 e.